The van der Waals surface area contributed by atoms with Gasteiger partial charge in [-0.25, -0.2) is 0 Å². The Bertz CT molecular complexity index is 616. The second-order valence-corrected chi connectivity index (χ2v) is 5.03. The van der Waals surface area contributed by atoms with Crippen molar-refractivity contribution in [3.63, 3.8) is 0 Å². The van der Waals surface area contributed by atoms with Crippen LogP contribution in [0.3, 0.4) is 0 Å². The molecule has 0 aromatic heterocycles. The molecule has 1 aromatic rings. The fourth-order valence-corrected chi connectivity index (χ4v) is 1.87. The Hall–Kier alpha value is -2.56. The molecule has 2 N–H and O–H groups in total. The normalized spacial score (nSPS) is 14.3. The number of anilines is 1. The number of ether oxygens (including phenoxy) is 1. The number of hydrogen-bond acceptors (Lipinski definition) is 3. The molecule has 1 aliphatic carbocycles. The third kappa shape index (κ3) is 4.48. The maximum absolute atomic E-state index is 12.3. The molecule has 2 amide bonds. The lowest BCUT2D eigenvalue weighted by Gasteiger charge is -2.12. The van der Waals surface area contributed by atoms with Crippen LogP contribution in [0.15, 0.2) is 42.5 Å². The van der Waals surface area contributed by atoms with Gasteiger partial charge in [0.15, 0.2) is 0 Å². The van der Waals surface area contributed by atoms with E-state index in [0.717, 1.165) is 12.8 Å². The van der Waals surface area contributed by atoms with Crippen molar-refractivity contribution in [2.75, 3.05) is 12.4 Å². The molecule has 0 radical (unpaired) electrons. The smallest absolute Gasteiger partial charge is 0.253 e. The predicted octanol–water partition coefficient (Wildman–Crippen LogP) is 2.66. The minimum Gasteiger partial charge on any atom is -0.497 e. The van der Waals surface area contributed by atoms with Crippen molar-refractivity contribution in [1.29, 1.82) is 0 Å². The lowest BCUT2D eigenvalue weighted by molar-refractivity contribution is -0.111. The molecule has 2 rings (SSSR count). The minimum absolute atomic E-state index is 0.200. The summed E-state index contributed by atoms with van der Waals surface area (Å²) < 4.78 is 5.15. The second-order valence-electron chi connectivity index (χ2n) is 5.03. The fraction of sp³-hybridized carbons (Fsp3) is 0.294. The van der Waals surface area contributed by atoms with E-state index in [0.29, 0.717) is 17.0 Å². The van der Waals surface area contributed by atoms with Crippen molar-refractivity contribution >= 4 is 17.5 Å². The van der Waals surface area contributed by atoms with Crippen LogP contribution in [0, 0.1) is 0 Å². The van der Waals surface area contributed by atoms with Crippen molar-refractivity contribution in [3.05, 3.63) is 48.1 Å². The summed E-state index contributed by atoms with van der Waals surface area (Å²) in [6.45, 7) is 1.87. The first-order chi connectivity index (χ1) is 10.6. The second kappa shape index (κ2) is 7.45. The van der Waals surface area contributed by atoms with Crippen molar-refractivity contribution < 1.29 is 14.3 Å². The Morgan fingerprint density at radius 1 is 1.27 bits per heavy atom. The Kier molecular flexibility index (Phi) is 5.36. The van der Waals surface area contributed by atoms with Crippen LogP contribution in [0.1, 0.15) is 30.1 Å². The van der Waals surface area contributed by atoms with Crippen molar-refractivity contribution in [2.45, 2.75) is 25.8 Å². The van der Waals surface area contributed by atoms with Crippen LogP contribution in [-0.4, -0.2) is 25.0 Å². The maximum atomic E-state index is 12.3. The SMILES string of the molecule is C/C=C/C=C/C(=O)Nc1ccc(OC)cc1C(=O)NC1CC1. The number of rotatable bonds is 6. The summed E-state index contributed by atoms with van der Waals surface area (Å²) in [4.78, 5) is 24.1. The fourth-order valence-electron chi connectivity index (χ4n) is 1.87. The molecular weight excluding hydrogens is 280 g/mol. The van der Waals surface area contributed by atoms with Gasteiger partial charge in [0.1, 0.15) is 5.75 Å². The number of methoxy groups -OCH3 is 1. The molecule has 116 valence electrons. The number of nitrogens with one attached hydrogen (secondary N) is 2. The van der Waals surface area contributed by atoms with Gasteiger partial charge in [0, 0.05) is 12.1 Å². The van der Waals surface area contributed by atoms with E-state index in [-0.39, 0.29) is 17.9 Å². The van der Waals surface area contributed by atoms with Gasteiger partial charge in [-0.1, -0.05) is 18.2 Å². The highest BCUT2D eigenvalue weighted by Crippen LogP contribution is 2.25. The largest absolute Gasteiger partial charge is 0.497 e. The number of hydrogen-bond donors (Lipinski definition) is 2. The summed E-state index contributed by atoms with van der Waals surface area (Å²) in [5.74, 6) is 0.0845. The van der Waals surface area contributed by atoms with E-state index in [1.807, 2.05) is 13.0 Å². The molecule has 0 atom stereocenters. The van der Waals surface area contributed by atoms with E-state index in [9.17, 15) is 9.59 Å². The number of benzene rings is 1. The van der Waals surface area contributed by atoms with Crippen LogP contribution in [0.4, 0.5) is 5.69 Å². The van der Waals surface area contributed by atoms with Gasteiger partial charge in [-0.15, -0.1) is 0 Å². The number of amides is 2. The van der Waals surface area contributed by atoms with Crippen molar-refractivity contribution in [2.24, 2.45) is 0 Å². The van der Waals surface area contributed by atoms with Crippen LogP contribution in [0.25, 0.3) is 0 Å². The molecular formula is C17H20N2O3. The first-order valence-electron chi connectivity index (χ1n) is 7.23. The quantitative estimate of drug-likeness (QED) is 0.627. The highest BCUT2D eigenvalue weighted by atomic mass is 16.5. The van der Waals surface area contributed by atoms with E-state index < -0.39 is 0 Å². The standard InChI is InChI=1S/C17H20N2O3/c1-3-4-5-6-16(20)19-15-10-9-13(22-2)11-14(15)17(21)18-12-7-8-12/h3-6,9-12H,7-8H2,1-2H3,(H,18,21)(H,19,20)/b4-3+,6-5+. The van der Waals surface area contributed by atoms with Crippen LogP contribution < -0.4 is 15.4 Å². The topological polar surface area (TPSA) is 67.4 Å². The Balaban J connectivity index is 2.17. The summed E-state index contributed by atoms with van der Waals surface area (Å²) in [6, 6.07) is 5.25. The lowest BCUT2D eigenvalue weighted by atomic mass is 10.1. The minimum atomic E-state index is -0.288. The highest BCUT2D eigenvalue weighted by Gasteiger charge is 2.25. The zero-order chi connectivity index (χ0) is 15.9. The van der Waals surface area contributed by atoms with E-state index in [1.54, 1.807) is 30.4 Å². The molecule has 5 nitrogen and oxygen atoms in total. The van der Waals surface area contributed by atoms with Gasteiger partial charge >= 0.3 is 0 Å². The molecule has 0 unspecified atom stereocenters. The average molecular weight is 300 g/mol. The average Bonchev–Trinajstić information content (AvgIpc) is 3.31. The zero-order valence-corrected chi connectivity index (χ0v) is 12.8. The summed E-state index contributed by atoms with van der Waals surface area (Å²) in [7, 11) is 1.54. The number of allylic oxidation sites excluding steroid dienone is 3. The van der Waals surface area contributed by atoms with Gasteiger partial charge in [-0.2, -0.15) is 0 Å². The van der Waals surface area contributed by atoms with Gasteiger partial charge < -0.3 is 15.4 Å². The predicted molar refractivity (Wildman–Crippen MR) is 86.1 cm³/mol. The monoisotopic (exact) mass is 300 g/mol. The summed E-state index contributed by atoms with van der Waals surface area (Å²) >= 11 is 0. The first-order valence-corrected chi connectivity index (χ1v) is 7.23. The van der Waals surface area contributed by atoms with Crippen molar-refractivity contribution in [1.82, 2.24) is 5.32 Å². The van der Waals surface area contributed by atoms with E-state index in [4.69, 9.17) is 4.74 Å². The summed E-state index contributed by atoms with van der Waals surface area (Å²) in [5, 5.41) is 5.63. The molecule has 0 spiro atoms. The van der Waals surface area contributed by atoms with Crippen LogP contribution in [0.5, 0.6) is 5.75 Å². The molecule has 22 heavy (non-hydrogen) atoms. The molecule has 0 bridgehead atoms. The van der Waals surface area contributed by atoms with Crippen LogP contribution >= 0.6 is 0 Å². The third-order valence-electron chi connectivity index (χ3n) is 3.19. The first kappa shape index (κ1) is 15.8. The summed E-state index contributed by atoms with van der Waals surface area (Å²) in [6.07, 6.45) is 8.64. The summed E-state index contributed by atoms with van der Waals surface area (Å²) in [5.41, 5.74) is 0.869. The van der Waals surface area contributed by atoms with Crippen LogP contribution in [-0.2, 0) is 4.79 Å². The van der Waals surface area contributed by atoms with Gasteiger partial charge in [-0.05, 0) is 38.0 Å². The molecule has 0 saturated heterocycles. The van der Waals surface area contributed by atoms with E-state index >= 15 is 0 Å². The highest BCUT2D eigenvalue weighted by molar-refractivity contribution is 6.06. The third-order valence-corrected chi connectivity index (χ3v) is 3.19. The number of carbonyl (C=O) groups is 2. The van der Waals surface area contributed by atoms with Gasteiger partial charge in [0.2, 0.25) is 5.91 Å². The molecule has 0 aliphatic heterocycles. The Labute approximate surface area is 130 Å². The van der Waals surface area contributed by atoms with Crippen LogP contribution in [0.2, 0.25) is 0 Å². The maximum Gasteiger partial charge on any atom is 0.253 e. The van der Waals surface area contributed by atoms with E-state index in [1.165, 1.54) is 13.2 Å². The molecule has 1 fully saturated rings. The Morgan fingerprint density at radius 3 is 2.68 bits per heavy atom. The molecule has 1 saturated carbocycles. The van der Waals surface area contributed by atoms with Gasteiger partial charge in [0.25, 0.3) is 5.91 Å². The molecule has 0 heterocycles. The molecule has 1 aromatic carbocycles. The van der Waals surface area contributed by atoms with Gasteiger partial charge in [-0.3, -0.25) is 9.59 Å². The van der Waals surface area contributed by atoms with Crippen molar-refractivity contribution in [3.8, 4) is 5.75 Å². The van der Waals surface area contributed by atoms with Gasteiger partial charge in [0.05, 0.1) is 18.4 Å². The Morgan fingerprint density at radius 2 is 2.05 bits per heavy atom. The number of carbonyl (C=O) groups excluding carboxylic acids is 2. The lowest BCUT2D eigenvalue weighted by Crippen LogP contribution is -2.26. The molecule has 5 heteroatoms. The molecule has 1 aliphatic rings. The van der Waals surface area contributed by atoms with E-state index in [2.05, 4.69) is 10.6 Å². The zero-order valence-electron chi connectivity index (χ0n) is 12.8.